The number of rotatable bonds is 6. The van der Waals surface area contributed by atoms with E-state index in [4.69, 9.17) is 9.31 Å². The molecule has 0 spiro atoms. The fourth-order valence-electron chi connectivity index (χ4n) is 0.932. The van der Waals surface area contributed by atoms with Crippen LogP contribution in [0.1, 0.15) is 19.8 Å². The first-order chi connectivity index (χ1) is 6.43. The lowest BCUT2D eigenvalue weighted by Gasteiger charge is -2.04. The zero-order valence-corrected chi connectivity index (χ0v) is 8.03. The van der Waals surface area contributed by atoms with Crippen LogP contribution in [-0.2, 0) is 4.65 Å². The number of para-hydroxylation sites is 1. The molecule has 1 rings (SSSR count). The first kappa shape index (κ1) is 10.1. The predicted molar refractivity (Wildman–Crippen MR) is 55.1 cm³/mol. The zero-order chi connectivity index (χ0) is 9.36. The van der Waals surface area contributed by atoms with E-state index in [1.807, 2.05) is 30.3 Å². The maximum atomic E-state index is 5.33. The molecule has 0 fully saturated rings. The molecule has 2 nitrogen and oxygen atoms in total. The Morgan fingerprint density at radius 1 is 1.23 bits per heavy atom. The third-order valence-electron chi connectivity index (χ3n) is 1.69. The minimum absolute atomic E-state index is 0.351. The number of unbranched alkanes of at least 4 members (excludes halogenated alkanes) is 1. The van der Waals surface area contributed by atoms with E-state index in [1.54, 1.807) is 0 Å². The topological polar surface area (TPSA) is 18.5 Å². The van der Waals surface area contributed by atoms with E-state index < -0.39 is 0 Å². The maximum absolute atomic E-state index is 5.33. The summed E-state index contributed by atoms with van der Waals surface area (Å²) in [6, 6.07) is 9.69. The summed E-state index contributed by atoms with van der Waals surface area (Å²) in [5.41, 5.74) is 0. The van der Waals surface area contributed by atoms with Gasteiger partial charge < -0.3 is 9.31 Å². The van der Waals surface area contributed by atoms with Crippen LogP contribution in [0.25, 0.3) is 0 Å². The SMILES string of the molecule is CCCCOBOc1ccccc1. The van der Waals surface area contributed by atoms with E-state index in [2.05, 4.69) is 6.92 Å². The standard InChI is InChI=1S/C10H15BO2/c1-2-3-9-12-11-13-10-7-5-4-6-8-10/h4-8,11H,2-3,9H2,1H3. The highest BCUT2D eigenvalue weighted by molar-refractivity contribution is 6.19. The van der Waals surface area contributed by atoms with Gasteiger partial charge in [-0.3, -0.25) is 0 Å². The van der Waals surface area contributed by atoms with Crippen LogP contribution in [0.2, 0.25) is 0 Å². The van der Waals surface area contributed by atoms with Gasteiger partial charge in [0.25, 0.3) is 0 Å². The summed E-state index contributed by atoms with van der Waals surface area (Å²) < 4.78 is 10.6. The fraction of sp³-hybridized carbons (Fsp3) is 0.400. The molecule has 0 N–H and O–H groups in total. The lowest BCUT2D eigenvalue weighted by molar-refractivity contribution is 0.283. The van der Waals surface area contributed by atoms with Gasteiger partial charge in [0.2, 0.25) is 0 Å². The van der Waals surface area contributed by atoms with Crippen LogP contribution in [0, 0.1) is 0 Å². The van der Waals surface area contributed by atoms with Crippen LogP contribution in [0.4, 0.5) is 0 Å². The van der Waals surface area contributed by atoms with Gasteiger partial charge in [-0.15, -0.1) is 0 Å². The Hall–Kier alpha value is -0.955. The van der Waals surface area contributed by atoms with E-state index in [0.29, 0.717) is 7.69 Å². The van der Waals surface area contributed by atoms with Gasteiger partial charge in [0, 0.05) is 6.61 Å². The minimum atomic E-state index is 0.351. The molecule has 1 aromatic rings. The average Bonchev–Trinajstić information content (AvgIpc) is 2.19. The molecule has 13 heavy (non-hydrogen) atoms. The Labute approximate surface area is 80.2 Å². The average molecular weight is 178 g/mol. The molecule has 3 heteroatoms. The molecule has 0 heterocycles. The van der Waals surface area contributed by atoms with Gasteiger partial charge in [-0.1, -0.05) is 31.5 Å². The Balaban J connectivity index is 2.07. The van der Waals surface area contributed by atoms with Crippen molar-refractivity contribution in [1.29, 1.82) is 0 Å². The second-order valence-electron chi connectivity index (χ2n) is 2.84. The lowest BCUT2D eigenvalue weighted by atomic mass is 10.3. The van der Waals surface area contributed by atoms with E-state index in [-0.39, 0.29) is 0 Å². The predicted octanol–water partition coefficient (Wildman–Crippen LogP) is 2.15. The molecular weight excluding hydrogens is 163 g/mol. The molecular formula is C10H15BO2. The maximum Gasteiger partial charge on any atom is 0.506 e. The summed E-state index contributed by atoms with van der Waals surface area (Å²) in [5, 5.41) is 0. The fourth-order valence-corrected chi connectivity index (χ4v) is 0.932. The molecule has 0 aromatic heterocycles. The van der Waals surface area contributed by atoms with E-state index in [9.17, 15) is 0 Å². The minimum Gasteiger partial charge on any atom is -0.539 e. The van der Waals surface area contributed by atoms with Gasteiger partial charge in [-0.05, 0) is 18.6 Å². The Kier molecular flexibility index (Phi) is 5.10. The second kappa shape index (κ2) is 6.55. The number of benzene rings is 1. The molecule has 1 aromatic carbocycles. The first-order valence-corrected chi connectivity index (χ1v) is 4.69. The Bertz CT molecular complexity index is 213. The second-order valence-corrected chi connectivity index (χ2v) is 2.84. The smallest absolute Gasteiger partial charge is 0.506 e. The summed E-state index contributed by atoms with van der Waals surface area (Å²) in [5.74, 6) is 0.860. The summed E-state index contributed by atoms with van der Waals surface area (Å²) in [7, 11) is 0.351. The third-order valence-corrected chi connectivity index (χ3v) is 1.69. The molecule has 0 radical (unpaired) electrons. The van der Waals surface area contributed by atoms with Crippen LogP contribution in [0.5, 0.6) is 5.75 Å². The van der Waals surface area contributed by atoms with Crippen molar-refractivity contribution in [3.63, 3.8) is 0 Å². The Morgan fingerprint density at radius 2 is 2.00 bits per heavy atom. The molecule has 0 unspecified atom stereocenters. The third kappa shape index (κ3) is 4.58. The van der Waals surface area contributed by atoms with E-state index in [1.165, 1.54) is 0 Å². The van der Waals surface area contributed by atoms with Gasteiger partial charge in [-0.25, -0.2) is 0 Å². The summed E-state index contributed by atoms with van der Waals surface area (Å²) in [6.07, 6.45) is 2.25. The zero-order valence-electron chi connectivity index (χ0n) is 8.03. The van der Waals surface area contributed by atoms with E-state index in [0.717, 1.165) is 25.2 Å². The van der Waals surface area contributed by atoms with Crippen molar-refractivity contribution in [2.24, 2.45) is 0 Å². The van der Waals surface area contributed by atoms with Crippen molar-refractivity contribution in [2.45, 2.75) is 19.8 Å². The highest BCUT2D eigenvalue weighted by atomic mass is 16.6. The molecule has 0 amide bonds. The summed E-state index contributed by atoms with van der Waals surface area (Å²) >= 11 is 0. The summed E-state index contributed by atoms with van der Waals surface area (Å²) in [4.78, 5) is 0. The van der Waals surface area contributed by atoms with Crippen molar-refractivity contribution in [1.82, 2.24) is 0 Å². The molecule has 70 valence electrons. The normalized spacial score (nSPS) is 9.62. The van der Waals surface area contributed by atoms with Crippen LogP contribution in [-0.4, -0.2) is 14.3 Å². The molecule has 0 saturated heterocycles. The van der Waals surface area contributed by atoms with Crippen LogP contribution in [0.3, 0.4) is 0 Å². The summed E-state index contributed by atoms with van der Waals surface area (Å²) in [6.45, 7) is 2.92. The van der Waals surface area contributed by atoms with Gasteiger partial charge in [0.15, 0.2) is 0 Å². The van der Waals surface area contributed by atoms with Crippen molar-refractivity contribution in [3.05, 3.63) is 30.3 Å². The van der Waals surface area contributed by atoms with Crippen LogP contribution < -0.4 is 4.65 Å². The van der Waals surface area contributed by atoms with Gasteiger partial charge >= 0.3 is 7.69 Å². The largest absolute Gasteiger partial charge is 0.539 e. The molecule has 0 bridgehead atoms. The molecule has 0 aliphatic carbocycles. The lowest BCUT2D eigenvalue weighted by Crippen LogP contribution is -2.08. The molecule has 0 aliphatic heterocycles. The highest BCUT2D eigenvalue weighted by Gasteiger charge is 1.94. The first-order valence-electron chi connectivity index (χ1n) is 4.69. The van der Waals surface area contributed by atoms with Crippen molar-refractivity contribution >= 4 is 7.69 Å². The highest BCUT2D eigenvalue weighted by Crippen LogP contribution is 2.07. The number of hydrogen-bond donors (Lipinski definition) is 0. The van der Waals surface area contributed by atoms with Gasteiger partial charge in [0.05, 0.1) is 0 Å². The Morgan fingerprint density at radius 3 is 2.69 bits per heavy atom. The quantitative estimate of drug-likeness (QED) is 0.490. The monoisotopic (exact) mass is 178 g/mol. The van der Waals surface area contributed by atoms with Gasteiger partial charge in [-0.2, -0.15) is 0 Å². The van der Waals surface area contributed by atoms with Crippen molar-refractivity contribution in [2.75, 3.05) is 6.61 Å². The molecule has 0 aliphatic rings. The van der Waals surface area contributed by atoms with Crippen molar-refractivity contribution in [3.8, 4) is 5.75 Å². The van der Waals surface area contributed by atoms with E-state index >= 15 is 0 Å². The van der Waals surface area contributed by atoms with Gasteiger partial charge in [0.1, 0.15) is 5.75 Å². The number of hydrogen-bond acceptors (Lipinski definition) is 2. The van der Waals surface area contributed by atoms with Crippen LogP contribution in [0.15, 0.2) is 30.3 Å². The van der Waals surface area contributed by atoms with Crippen LogP contribution >= 0.6 is 0 Å². The molecule has 0 atom stereocenters. The molecule has 0 saturated carbocycles. The van der Waals surface area contributed by atoms with Crippen molar-refractivity contribution < 1.29 is 9.31 Å².